The van der Waals surface area contributed by atoms with Crippen molar-refractivity contribution in [1.82, 2.24) is 0 Å². The molecule has 5 nitrogen and oxygen atoms in total. The normalized spacial score (nSPS) is 10.2. The molecular formula is C17H22O5. The molecular weight excluding hydrogens is 284 g/mol. The predicted octanol–water partition coefficient (Wildman–Crippen LogP) is 2.93. The van der Waals surface area contributed by atoms with Gasteiger partial charge in [-0.1, -0.05) is 36.4 Å². The first-order chi connectivity index (χ1) is 10.5. The maximum Gasteiger partial charge on any atom is 0.300 e. The van der Waals surface area contributed by atoms with Gasteiger partial charge >= 0.3 is 0 Å². The average Bonchev–Trinajstić information content (AvgIpc) is 2.49. The van der Waals surface area contributed by atoms with Crippen molar-refractivity contribution in [3.8, 4) is 11.5 Å². The van der Waals surface area contributed by atoms with E-state index in [2.05, 4.69) is 0 Å². The van der Waals surface area contributed by atoms with Crippen molar-refractivity contribution in [2.45, 2.75) is 20.0 Å². The van der Waals surface area contributed by atoms with Gasteiger partial charge < -0.3 is 20.1 Å². The van der Waals surface area contributed by atoms with E-state index in [4.69, 9.17) is 24.9 Å². The first kappa shape index (κ1) is 19.6. The Kier molecular flexibility index (Phi) is 11.0. The van der Waals surface area contributed by atoms with Crippen LogP contribution in [0.2, 0.25) is 0 Å². The fourth-order valence-corrected chi connectivity index (χ4v) is 1.11. The van der Waals surface area contributed by atoms with Gasteiger partial charge in [-0.3, -0.25) is 4.79 Å². The molecule has 2 aromatic rings. The van der Waals surface area contributed by atoms with Crippen LogP contribution in [0, 0.1) is 0 Å². The number of aliphatic carboxylic acids is 1. The van der Waals surface area contributed by atoms with Crippen LogP contribution in [0.4, 0.5) is 0 Å². The lowest BCUT2D eigenvalue weighted by Gasteiger charge is -2.03. The van der Waals surface area contributed by atoms with Gasteiger partial charge in [0, 0.05) is 6.92 Å². The lowest BCUT2D eigenvalue weighted by atomic mass is 10.3. The van der Waals surface area contributed by atoms with E-state index in [0.29, 0.717) is 0 Å². The average molecular weight is 306 g/mol. The van der Waals surface area contributed by atoms with Crippen LogP contribution >= 0.6 is 0 Å². The number of carboxylic acids is 1. The SMILES string of the molecule is CC(=O)O.CC(O)CO.c1ccc(Oc2ccccc2)cc1. The van der Waals surface area contributed by atoms with E-state index in [0.717, 1.165) is 18.4 Å². The highest BCUT2D eigenvalue weighted by molar-refractivity contribution is 5.62. The number of benzene rings is 2. The molecule has 3 N–H and O–H groups in total. The molecule has 0 saturated heterocycles. The van der Waals surface area contributed by atoms with Crippen molar-refractivity contribution in [3.05, 3.63) is 60.7 Å². The van der Waals surface area contributed by atoms with Crippen molar-refractivity contribution in [1.29, 1.82) is 0 Å². The van der Waals surface area contributed by atoms with Gasteiger partial charge in [-0.25, -0.2) is 0 Å². The third-order valence-electron chi connectivity index (χ3n) is 1.99. The second-order valence-corrected chi connectivity index (χ2v) is 4.28. The molecule has 0 amide bonds. The number of hydrogen-bond donors (Lipinski definition) is 3. The van der Waals surface area contributed by atoms with Crippen LogP contribution in [0.5, 0.6) is 11.5 Å². The van der Waals surface area contributed by atoms with Crippen LogP contribution in [-0.2, 0) is 4.79 Å². The summed E-state index contributed by atoms with van der Waals surface area (Å²) in [5.41, 5.74) is 0. The molecule has 0 radical (unpaired) electrons. The zero-order chi connectivity index (χ0) is 16.8. The van der Waals surface area contributed by atoms with Crippen molar-refractivity contribution < 1.29 is 24.9 Å². The maximum atomic E-state index is 9.00. The Morgan fingerprint density at radius 2 is 1.27 bits per heavy atom. The number of aliphatic hydroxyl groups is 2. The summed E-state index contributed by atoms with van der Waals surface area (Å²) in [5.74, 6) is 0.905. The standard InChI is InChI=1S/C12H10O.C3H8O2.C2H4O2/c1-3-7-11(8-4-1)13-12-9-5-2-6-10-12;1-3(5)2-4;1-2(3)4/h1-10H;3-5H,2H2,1H3;1H3,(H,3,4). The lowest BCUT2D eigenvalue weighted by Crippen LogP contribution is -2.03. The molecule has 0 bridgehead atoms. The Bertz CT molecular complexity index is 455. The Hall–Kier alpha value is -2.37. The predicted molar refractivity (Wildman–Crippen MR) is 85.0 cm³/mol. The van der Waals surface area contributed by atoms with Crippen LogP contribution in [0.15, 0.2) is 60.7 Å². The van der Waals surface area contributed by atoms with Crippen molar-refractivity contribution >= 4 is 5.97 Å². The summed E-state index contributed by atoms with van der Waals surface area (Å²) in [6.45, 7) is 2.47. The molecule has 0 aliphatic carbocycles. The summed E-state index contributed by atoms with van der Waals surface area (Å²) in [5, 5.41) is 23.4. The van der Waals surface area contributed by atoms with Gasteiger partial charge in [0.25, 0.3) is 5.97 Å². The minimum absolute atomic E-state index is 0.139. The van der Waals surface area contributed by atoms with Gasteiger partial charge in [-0.05, 0) is 31.2 Å². The van der Waals surface area contributed by atoms with Gasteiger partial charge in [0.15, 0.2) is 0 Å². The van der Waals surface area contributed by atoms with E-state index < -0.39 is 12.1 Å². The number of aliphatic hydroxyl groups excluding tert-OH is 2. The van der Waals surface area contributed by atoms with E-state index in [-0.39, 0.29) is 6.61 Å². The van der Waals surface area contributed by atoms with Gasteiger partial charge in [-0.15, -0.1) is 0 Å². The van der Waals surface area contributed by atoms with Gasteiger partial charge in [-0.2, -0.15) is 0 Å². The van der Waals surface area contributed by atoms with Crippen LogP contribution in [0.25, 0.3) is 0 Å². The Morgan fingerprint density at radius 1 is 1.00 bits per heavy atom. The lowest BCUT2D eigenvalue weighted by molar-refractivity contribution is -0.134. The minimum atomic E-state index is -0.833. The van der Waals surface area contributed by atoms with Crippen LogP contribution < -0.4 is 4.74 Å². The zero-order valence-corrected chi connectivity index (χ0v) is 12.7. The Labute approximate surface area is 130 Å². The largest absolute Gasteiger partial charge is 0.481 e. The molecule has 0 spiro atoms. The summed E-state index contributed by atoms with van der Waals surface area (Å²) >= 11 is 0. The first-order valence-corrected chi connectivity index (χ1v) is 6.72. The van der Waals surface area contributed by atoms with E-state index in [9.17, 15) is 0 Å². The number of rotatable bonds is 3. The first-order valence-electron chi connectivity index (χ1n) is 6.72. The fraction of sp³-hybridized carbons (Fsp3) is 0.235. The van der Waals surface area contributed by atoms with Crippen LogP contribution in [0.1, 0.15) is 13.8 Å². The van der Waals surface area contributed by atoms with Gasteiger partial charge in [0.2, 0.25) is 0 Å². The molecule has 0 aliphatic heterocycles. The van der Waals surface area contributed by atoms with Crippen molar-refractivity contribution in [2.24, 2.45) is 0 Å². The van der Waals surface area contributed by atoms with E-state index in [1.807, 2.05) is 60.7 Å². The van der Waals surface area contributed by atoms with E-state index in [1.54, 1.807) is 0 Å². The van der Waals surface area contributed by atoms with Crippen molar-refractivity contribution in [2.75, 3.05) is 6.61 Å². The fourth-order valence-electron chi connectivity index (χ4n) is 1.11. The maximum absolute atomic E-state index is 9.00. The summed E-state index contributed by atoms with van der Waals surface area (Å²) in [6, 6.07) is 19.5. The summed E-state index contributed by atoms with van der Waals surface area (Å²) in [4.78, 5) is 9.00. The Morgan fingerprint density at radius 3 is 1.50 bits per heavy atom. The Balaban J connectivity index is 0.000000411. The molecule has 0 aliphatic rings. The highest BCUT2D eigenvalue weighted by Gasteiger charge is 1.92. The molecule has 120 valence electrons. The second-order valence-electron chi connectivity index (χ2n) is 4.28. The molecule has 0 heterocycles. The zero-order valence-electron chi connectivity index (χ0n) is 12.7. The summed E-state index contributed by atoms with van der Waals surface area (Å²) in [7, 11) is 0. The molecule has 0 aromatic heterocycles. The molecule has 1 atom stereocenters. The highest BCUT2D eigenvalue weighted by Crippen LogP contribution is 2.19. The number of carbonyl (C=O) groups is 1. The smallest absolute Gasteiger partial charge is 0.300 e. The number of ether oxygens (including phenoxy) is 1. The molecule has 0 saturated carbocycles. The third kappa shape index (κ3) is 12.7. The summed E-state index contributed by atoms with van der Waals surface area (Å²) < 4.78 is 5.58. The third-order valence-corrected chi connectivity index (χ3v) is 1.99. The highest BCUT2D eigenvalue weighted by atomic mass is 16.5. The topological polar surface area (TPSA) is 87.0 Å². The molecule has 1 unspecified atom stereocenters. The van der Waals surface area contributed by atoms with Crippen LogP contribution in [-0.4, -0.2) is 34.0 Å². The van der Waals surface area contributed by atoms with E-state index >= 15 is 0 Å². The number of carboxylic acid groups (broad SMARTS) is 1. The molecule has 22 heavy (non-hydrogen) atoms. The molecule has 2 aromatic carbocycles. The molecule has 2 rings (SSSR count). The minimum Gasteiger partial charge on any atom is -0.481 e. The quantitative estimate of drug-likeness (QED) is 0.811. The molecule has 5 heteroatoms. The summed E-state index contributed by atoms with van der Waals surface area (Å²) in [6.07, 6.45) is -0.560. The number of para-hydroxylation sites is 2. The second kappa shape index (κ2) is 12.4. The monoisotopic (exact) mass is 306 g/mol. The molecule has 0 fully saturated rings. The van der Waals surface area contributed by atoms with Gasteiger partial charge in [0.1, 0.15) is 11.5 Å². The van der Waals surface area contributed by atoms with Gasteiger partial charge in [0.05, 0.1) is 12.7 Å². The van der Waals surface area contributed by atoms with Crippen LogP contribution in [0.3, 0.4) is 0 Å². The number of hydrogen-bond acceptors (Lipinski definition) is 4. The van der Waals surface area contributed by atoms with E-state index in [1.165, 1.54) is 6.92 Å². The van der Waals surface area contributed by atoms with Crippen molar-refractivity contribution in [3.63, 3.8) is 0 Å².